The highest BCUT2D eigenvalue weighted by molar-refractivity contribution is 5.71. The normalized spacial score (nSPS) is 18.9. The van der Waals surface area contributed by atoms with Crippen LogP contribution in [0.3, 0.4) is 0 Å². The molecule has 0 spiro atoms. The summed E-state index contributed by atoms with van der Waals surface area (Å²) in [6.07, 6.45) is 3.73. The van der Waals surface area contributed by atoms with Crippen molar-refractivity contribution < 1.29 is 15.4 Å². The van der Waals surface area contributed by atoms with Gasteiger partial charge in [0.15, 0.2) is 0 Å². The second-order valence-corrected chi connectivity index (χ2v) is 7.33. The molecule has 0 atom stereocenters. The van der Waals surface area contributed by atoms with E-state index in [9.17, 15) is 15.4 Å². The van der Waals surface area contributed by atoms with Crippen molar-refractivity contribution in [3.05, 3.63) is 58.7 Å². The van der Waals surface area contributed by atoms with Crippen LogP contribution in [0, 0.1) is 0 Å². The first-order valence-electron chi connectivity index (χ1n) is 7.96. The standard InChI is InChI=1S/C20H22NO3/c1-19(2)17-8-7-13(11-18(17)20(3,4)21(19)24)5-6-14-9-15(22)12-16(23)10-14/h5-12,22-23H,1-4H3/b6-5+. The summed E-state index contributed by atoms with van der Waals surface area (Å²) in [5, 5.41) is 32.9. The van der Waals surface area contributed by atoms with Gasteiger partial charge in [0.2, 0.25) is 0 Å². The van der Waals surface area contributed by atoms with Gasteiger partial charge in [0.1, 0.15) is 11.5 Å². The molecule has 2 N–H and O–H groups in total. The van der Waals surface area contributed by atoms with E-state index in [-0.39, 0.29) is 11.5 Å². The van der Waals surface area contributed by atoms with Gasteiger partial charge in [0.05, 0.1) is 11.1 Å². The second kappa shape index (κ2) is 5.36. The minimum Gasteiger partial charge on any atom is -0.508 e. The molecule has 2 aromatic carbocycles. The van der Waals surface area contributed by atoms with Crippen LogP contribution in [0.4, 0.5) is 0 Å². The van der Waals surface area contributed by atoms with Gasteiger partial charge in [-0.2, -0.15) is 0 Å². The molecule has 0 aromatic heterocycles. The first-order valence-corrected chi connectivity index (χ1v) is 7.96. The first kappa shape index (κ1) is 16.6. The van der Waals surface area contributed by atoms with E-state index < -0.39 is 11.1 Å². The summed E-state index contributed by atoms with van der Waals surface area (Å²) in [5.41, 5.74) is 2.64. The number of nitrogens with zero attached hydrogens (tertiary/aromatic N) is 1. The fraction of sp³-hybridized carbons (Fsp3) is 0.300. The molecule has 125 valence electrons. The van der Waals surface area contributed by atoms with Gasteiger partial charge < -0.3 is 10.2 Å². The van der Waals surface area contributed by atoms with Gasteiger partial charge in [-0.3, -0.25) is 0 Å². The molecule has 3 rings (SSSR count). The van der Waals surface area contributed by atoms with E-state index in [2.05, 4.69) is 0 Å². The van der Waals surface area contributed by atoms with E-state index in [0.717, 1.165) is 21.8 Å². The van der Waals surface area contributed by atoms with Crippen LogP contribution in [0.25, 0.3) is 12.2 Å². The highest BCUT2D eigenvalue weighted by Gasteiger charge is 2.49. The van der Waals surface area contributed by atoms with E-state index in [1.54, 1.807) is 12.1 Å². The van der Waals surface area contributed by atoms with Crippen LogP contribution in [0.2, 0.25) is 0 Å². The maximum absolute atomic E-state index is 12.6. The molecule has 0 unspecified atom stereocenters. The Balaban J connectivity index is 1.98. The van der Waals surface area contributed by atoms with Gasteiger partial charge in [-0.1, -0.05) is 24.3 Å². The molecule has 1 heterocycles. The number of phenols is 2. The smallest absolute Gasteiger partial charge is 0.119 e. The van der Waals surface area contributed by atoms with Crippen molar-refractivity contribution in [2.24, 2.45) is 0 Å². The molecular weight excluding hydrogens is 302 g/mol. The fourth-order valence-electron chi connectivity index (χ4n) is 3.53. The van der Waals surface area contributed by atoms with Gasteiger partial charge in [0.25, 0.3) is 0 Å². The average molecular weight is 324 g/mol. The topological polar surface area (TPSA) is 63.6 Å². The number of hydrogen-bond acceptors (Lipinski definition) is 3. The molecule has 0 aliphatic carbocycles. The van der Waals surface area contributed by atoms with Crippen LogP contribution >= 0.6 is 0 Å². The van der Waals surface area contributed by atoms with E-state index in [4.69, 9.17) is 0 Å². The molecule has 0 amide bonds. The number of rotatable bonds is 2. The Morgan fingerprint density at radius 3 is 1.96 bits per heavy atom. The monoisotopic (exact) mass is 324 g/mol. The predicted molar refractivity (Wildman–Crippen MR) is 93.7 cm³/mol. The highest BCUT2D eigenvalue weighted by atomic mass is 16.5. The Labute approximate surface area is 142 Å². The first-order chi connectivity index (χ1) is 11.1. The van der Waals surface area contributed by atoms with Crippen LogP contribution in [-0.2, 0) is 16.3 Å². The lowest BCUT2D eigenvalue weighted by Gasteiger charge is -2.32. The van der Waals surface area contributed by atoms with Gasteiger partial charge in [-0.05, 0) is 68.1 Å². The second-order valence-electron chi connectivity index (χ2n) is 7.33. The summed E-state index contributed by atoms with van der Waals surface area (Å²) in [5.74, 6) is 0.0435. The van der Waals surface area contributed by atoms with Crippen LogP contribution in [-0.4, -0.2) is 15.3 Å². The summed E-state index contributed by atoms with van der Waals surface area (Å²) in [4.78, 5) is 0. The molecular formula is C20H22NO3. The predicted octanol–water partition coefficient (Wildman–Crippen LogP) is 4.40. The molecule has 1 aliphatic rings. The number of phenolic OH excluding ortho intramolecular Hbond substituents is 2. The van der Waals surface area contributed by atoms with Crippen molar-refractivity contribution in [1.82, 2.24) is 5.06 Å². The van der Waals surface area contributed by atoms with Crippen molar-refractivity contribution in [2.45, 2.75) is 38.8 Å². The average Bonchev–Trinajstić information content (AvgIpc) is 2.63. The van der Waals surface area contributed by atoms with E-state index in [0.29, 0.717) is 5.56 Å². The maximum Gasteiger partial charge on any atom is 0.119 e. The zero-order valence-electron chi connectivity index (χ0n) is 14.4. The van der Waals surface area contributed by atoms with E-state index in [1.165, 1.54) is 6.07 Å². The fourth-order valence-corrected chi connectivity index (χ4v) is 3.53. The Morgan fingerprint density at radius 1 is 0.792 bits per heavy atom. The molecule has 0 fully saturated rings. The van der Waals surface area contributed by atoms with E-state index >= 15 is 0 Å². The van der Waals surface area contributed by atoms with E-state index in [1.807, 2.05) is 58.0 Å². The molecule has 2 aromatic rings. The molecule has 24 heavy (non-hydrogen) atoms. The quantitative estimate of drug-likeness (QED) is 0.805. The molecule has 0 saturated heterocycles. The number of benzene rings is 2. The molecule has 4 heteroatoms. The third-order valence-electron chi connectivity index (χ3n) is 4.77. The maximum atomic E-state index is 12.6. The van der Waals surface area contributed by atoms with Gasteiger partial charge in [-0.25, -0.2) is 0 Å². The molecule has 0 saturated carbocycles. The Hall–Kier alpha value is -2.30. The number of hydrogen-bond donors (Lipinski definition) is 2. The lowest BCUT2D eigenvalue weighted by molar-refractivity contribution is -0.266. The molecule has 1 radical (unpaired) electrons. The van der Waals surface area contributed by atoms with Crippen molar-refractivity contribution in [2.75, 3.05) is 0 Å². The Morgan fingerprint density at radius 2 is 1.33 bits per heavy atom. The van der Waals surface area contributed by atoms with Crippen molar-refractivity contribution in [3.63, 3.8) is 0 Å². The zero-order valence-corrected chi connectivity index (χ0v) is 14.4. The lowest BCUT2D eigenvalue weighted by atomic mass is 9.89. The van der Waals surface area contributed by atoms with Gasteiger partial charge in [-0.15, -0.1) is 10.3 Å². The zero-order chi connectivity index (χ0) is 17.7. The Bertz CT molecular complexity index is 801. The number of hydroxylamine groups is 2. The number of fused-ring (bicyclic) bond motifs is 1. The highest BCUT2D eigenvalue weighted by Crippen LogP contribution is 2.48. The van der Waals surface area contributed by atoms with Crippen LogP contribution in [0.1, 0.15) is 49.9 Å². The molecule has 0 bridgehead atoms. The van der Waals surface area contributed by atoms with Crippen LogP contribution in [0.5, 0.6) is 11.5 Å². The Kier molecular flexibility index (Phi) is 3.70. The van der Waals surface area contributed by atoms with Gasteiger partial charge in [0, 0.05) is 6.07 Å². The van der Waals surface area contributed by atoms with Gasteiger partial charge >= 0.3 is 0 Å². The van der Waals surface area contributed by atoms with Crippen LogP contribution < -0.4 is 0 Å². The summed E-state index contributed by atoms with van der Waals surface area (Å²) in [7, 11) is 0. The van der Waals surface area contributed by atoms with Crippen molar-refractivity contribution >= 4 is 12.2 Å². The molecule has 4 nitrogen and oxygen atoms in total. The van der Waals surface area contributed by atoms with Crippen molar-refractivity contribution in [3.8, 4) is 11.5 Å². The minimum absolute atomic E-state index is 0.0217. The summed E-state index contributed by atoms with van der Waals surface area (Å²) < 4.78 is 0. The third kappa shape index (κ3) is 2.58. The number of aromatic hydroxyl groups is 2. The SMILES string of the molecule is CC1(C)c2ccc(/C=C/c3cc(O)cc(O)c3)cc2C(C)(C)N1[O]. The molecule has 1 aliphatic heterocycles. The summed E-state index contributed by atoms with van der Waals surface area (Å²) in [6, 6.07) is 10.5. The third-order valence-corrected chi connectivity index (χ3v) is 4.77. The summed E-state index contributed by atoms with van der Waals surface area (Å²) >= 11 is 0. The minimum atomic E-state index is -0.577. The summed E-state index contributed by atoms with van der Waals surface area (Å²) in [6.45, 7) is 7.76. The largest absolute Gasteiger partial charge is 0.508 e. The van der Waals surface area contributed by atoms with Crippen LogP contribution in [0.15, 0.2) is 36.4 Å². The lowest BCUT2D eigenvalue weighted by Crippen LogP contribution is -2.41. The van der Waals surface area contributed by atoms with Crippen molar-refractivity contribution in [1.29, 1.82) is 0 Å².